The summed E-state index contributed by atoms with van der Waals surface area (Å²) < 4.78 is 17.4. The first-order valence-corrected chi connectivity index (χ1v) is 14.7. The number of hydrogen-bond acceptors (Lipinski definition) is 7. The molecule has 1 aromatic heterocycles. The van der Waals surface area contributed by atoms with Crippen LogP contribution in [0.3, 0.4) is 0 Å². The summed E-state index contributed by atoms with van der Waals surface area (Å²) in [6.07, 6.45) is 0.878. The predicted molar refractivity (Wildman–Crippen MR) is 165 cm³/mol. The number of anilines is 1. The highest BCUT2D eigenvalue weighted by Gasteiger charge is 2.31. The van der Waals surface area contributed by atoms with Gasteiger partial charge in [0.25, 0.3) is 0 Å². The first-order valence-electron chi connectivity index (χ1n) is 14.7. The van der Waals surface area contributed by atoms with Crippen LogP contribution in [-0.2, 0) is 27.2 Å². The average Bonchev–Trinajstić information content (AvgIpc) is 3.37. The topological polar surface area (TPSA) is 78.0 Å². The van der Waals surface area contributed by atoms with E-state index in [9.17, 15) is 9.59 Å². The van der Waals surface area contributed by atoms with E-state index < -0.39 is 23.1 Å². The van der Waals surface area contributed by atoms with E-state index in [0.717, 1.165) is 28.9 Å². The van der Waals surface area contributed by atoms with E-state index in [0.29, 0.717) is 24.5 Å². The minimum absolute atomic E-state index is 0.0325. The molecule has 0 saturated heterocycles. The molecule has 0 bridgehead atoms. The third-order valence-electron chi connectivity index (χ3n) is 6.91. The first kappa shape index (κ1) is 31.1. The molecule has 0 spiro atoms. The summed E-state index contributed by atoms with van der Waals surface area (Å²) in [6, 6.07) is 20.1. The summed E-state index contributed by atoms with van der Waals surface area (Å²) >= 11 is 0. The minimum atomic E-state index is -0.726. The zero-order valence-corrected chi connectivity index (χ0v) is 26.2. The standard InChI is InChI=1S/C35H44N2O5/c1-23(2)37(22-24-12-10-9-11-13-24)30-17-16-27(32(36-30)33(39)42-35(6,7)8)28(21-31(38)41-34(3,4)5)26-15-14-25-18-19-40-29(25)20-26/h9-17,20,23,28H,18-19,21-22H2,1-8H3/t28-/m0/s1. The Bertz CT molecular complexity index is 1400. The lowest BCUT2D eigenvalue weighted by atomic mass is 9.86. The van der Waals surface area contributed by atoms with Gasteiger partial charge in [-0.25, -0.2) is 9.78 Å². The van der Waals surface area contributed by atoms with Crippen molar-refractivity contribution in [3.8, 4) is 5.75 Å². The Labute approximate surface area is 250 Å². The van der Waals surface area contributed by atoms with Crippen LogP contribution in [0.15, 0.2) is 60.7 Å². The maximum absolute atomic E-state index is 13.8. The SMILES string of the molecule is CC(C)N(Cc1ccccc1)c1ccc([C@@H](CC(=O)OC(C)(C)C)c2ccc3c(c2)OCC3)c(C(=O)OC(C)(C)C)n1. The van der Waals surface area contributed by atoms with Gasteiger partial charge in [0, 0.05) is 24.9 Å². The van der Waals surface area contributed by atoms with Crippen molar-refractivity contribution < 1.29 is 23.8 Å². The Morgan fingerprint density at radius 3 is 2.26 bits per heavy atom. The zero-order chi connectivity index (χ0) is 30.7. The van der Waals surface area contributed by atoms with Crippen molar-refractivity contribution in [3.63, 3.8) is 0 Å². The summed E-state index contributed by atoms with van der Waals surface area (Å²) in [5.41, 5.74) is 2.55. The molecule has 0 amide bonds. The van der Waals surface area contributed by atoms with Crippen LogP contribution in [0.5, 0.6) is 5.75 Å². The Kier molecular flexibility index (Phi) is 9.29. The van der Waals surface area contributed by atoms with Crippen molar-refractivity contribution in [3.05, 3.63) is 88.6 Å². The highest BCUT2D eigenvalue weighted by Crippen LogP contribution is 2.37. The molecule has 0 N–H and O–H groups in total. The predicted octanol–water partition coefficient (Wildman–Crippen LogP) is 7.25. The van der Waals surface area contributed by atoms with Gasteiger partial charge in [0.2, 0.25) is 0 Å². The number of aromatic nitrogens is 1. The fourth-order valence-corrected chi connectivity index (χ4v) is 5.06. The first-order chi connectivity index (χ1) is 19.7. The number of carbonyl (C=O) groups excluding carboxylic acids is 2. The number of carbonyl (C=O) groups is 2. The van der Waals surface area contributed by atoms with Gasteiger partial charge in [-0.3, -0.25) is 4.79 Å². The number of pyridine rings is 1. The van der Waals surface area contributed by atoms with E-state index in [1.54, 1.807) is 0 Å². The molecule has 7 heteroatoms. The fourth-order valence-electron chi connectivity index (χ4n) is 5.06. The molecule has 2 aromatic carbocycles. The lowest BCUT2D eigenvalue weighted by molar-refractivity contribution is -0.155. The van der Waals surface area contributed by atoms with Gasteiger partial charge in [-0.15, -0.1) is 0 Å². The second kappa shape index (κ2) is 12.6. The van der Waals surface area contributed by atoms with E-state index in [2.05, 4.69) is 30.9 Å². The van der Waals surface area contributed by atoms with Crippen molar-refractivity contribution in [2.45, 2.75) is 97.9 Å². The second-order valence-electron chi connectivity index (χ2n) is 13.1. The molecule has 3 aromatic rings. The molecule has 0 saturated carbocycles. The molecule has 42 heavy (non-hydrogen) atoms. The molecule has 0 aliphatic carbocycles. The monoisotopic (exact) mass is 572 g/mol. The van der Waals surface area contributed by atoms with Gasteiger partial charge >= 0.3 is 11.9 Å². The largest absolute Gasteiger partial charge is 0.493 e. The normalized spacial score (nSPS) is 13.7. The summed E-state index contributed by atoms with van der Waals surface area (Å²) in [6.45, 7) is 16.5. The van der Waals surface area contributed by atoms with Gasteiger partial charge in [-0.1, -0.05) is 48.5 Å². The number of rotatable bonds is 9. The van der Waals surface area contributed by atoms with E-state index >= 15 is 0 Å². The average molecular weight is 573 g/mol. The van der Waals surface area contributed by atoms with E-state index in [-0.39, 0.29) is 24.1 Å². The number of ether oxygens (including phenoxy) is 3. The number of nitrogens with zero attached hydrogens (tertiary/aromatic N) is 2. The molecule has 0 fully saturated rings. The minimum Gasteiger partial charge on any atom is -0.493 e. The van der Waals surface area contributed by atoms with Gasteiger partial charge in [-0.2, -0.15) is 0 Å². The quantitative estimate of drug-likeness (QED) is 0.250. The van der Waals surface area contributed by atoms with Gasteiger partial charge < -0.3 is 19.1 Å². The molecule has 0 unspecified atom stereocenters. The van der Waals surface area contributed by atoms with Crippen LogP contribution in [0.4, 0.5) is 5.82 Å². The van der Waals surface area contributed by atoms with Gasteiger partial charge in [0.15, 0.2) is 5.69 Å². The Morgan fingerprint density at radius 1 is 0.929 bits per heavy atom. The molecule has 7 nitrogen and oxygen atoms in total. The Morgan fingerprint density at radius 2 is 1.62 bits per heavy atom. The van der Waals surface area contributed by atoms with Gasteiger partial charge in [-0.05, 0) is 89.8 Å². The molecule has 0 radical (unpaired) electrons. The molecule has 4 rings (SSSR count). The second-order valence-corrected chi connectivity index (χ2v) is 13.1. The van der Waals surface area contributed by atoms with Crippen molar-refractivity contribution in [2.75, 3.05) is 11.5 Å². The van der Waals surface area contributed by atoms with Crippen molar-refractivity contribution >= 4 is 17.8 Å². The summed E-state index contributed by atoms with van der Waals surface area (Å²) in [7, 11) is 0. The third-order valence-corrected chi connectivity index (χ3v) is 6.91. The highest BCUT2D eigenvalue weighted by molar-refractivity contribution is 5.90. The molecule has 1 atom stereocenters. The van der Waals surface area contributed by atoms with E-state index in [1.165, 1.54) is 0 Å². The van der Waals surface area contributed by atoms with Crippen LogP contribution in [0.25, 0.3) is 0 Å². The Hall–Kier alpha value is -3.87. The lowest BCUT2D eigenvalue weighted by Crippen LogP contribution is -2.32. The summed E-state index contributed by atoms with van der Waals surface area (Å²) in [5.74, 6) is 0.0705. The van der Waals surface area contributed by atoms with Gasteiger partial charge in [0.05, 0.1) is 13.0 Å². The van der Waals surface area contributed by atoms with Gasteiger partial charge in [0.1, 0.15) is 22.8 Å². The maximum Gasteiger partial charge on any atom is 0.357 e. The van der Waals surface area contributed by atoms with Crippen LogP contribution in [0.2, 0.25) is 0 Å². The third kappa shape index (κ3) is 8.11. The number of hydrogen-bond donors (Lipinski definition) is 0. The highest BCUT2D eigenvalue weighted by atomic mass is 16.6. The van der Waals surface area contributed by atoms with Crippen molar-refractivity contribution in [1.29, 1.82) is 0 Å². The summed E-state index contributed by atoms with van der Waals surface area (Å²) in [4.78, 5) is 34.1. The van der Waals surface area contributed by atoms with Crippen molar-refractivity contribution in [2.24, 2.45) is 0 Å². The molecule has 1 aliphatic rings. The van der Waals surface area contributed by atoms with Crippen LogP contribution < -0.4 is 9.64 Å². The molecular weight excluding hydrogens is 528 g/mol. The Balaban J connectivity index is 1.83. The van der Waals surface area contributed by atoms with E-state index in [4.69, 9.17) is 19.2 Å². The van der Waals surface area contributed by atoms with Crippen LogP contribution in [0, 0.1) is 0 Å². The van der Waals surface area contributed by atoms with Crippen LogP contribution >= 0.6 is 0 Å². The maximum atomic E-state index is 13.8. The fraction of sp³-hybridized carbons (Fsp3) is 0.457. The van der Waals surface area contributed by atoms with E-state index in [1.807, 2.05) is 90.1 Å². The van der Waals surface area contributed by atoms with Crippen LogP contribution in [-0.4, -0.2) is 40.8 Å². The number of benzene rings is 2. The molecule has 224 valence electrons. The zero-order valence-electron chi connectivity index (χ0n) is 26.2. The lowest BCUT2D eigenvalue weighted by Gasteiger charge is -2.30. The molecular formula is C35H44N2O5. The summed E-state index contributed by atoms with van der Waals surface area (Å²) in [5, 5.41) is 0. The number of esters is 2. The smallest absolute Gasteiger partial charge is 0.357 e. The molecule has 1 aliphatic heterocycles. The van der Waals surface area contributed by atoms with Crippen LogP contribution in [0.1, 0.15) is 100 Å². The number of fused-ring (bicyclic) bond motifs is 1. The van der Waals surface area contributed by atoms with Crippen molar-refractivity contribution in [1.82, 2.24) is 4.98 Å². The molecule has 2 heterocycles.